The third-order valence-corrected chi connectivity index (χ3v) is 6.67. The standard InChI is InChI=1S/C28H23N3.2C5H5.2Fe/c1-20-11-3-9-17-25(20)29-28-30-27(23-15-7-8-16-23)24(22-13-5-6-14-22)19-31(28)26-18-10-4-12-21(26)2;2*1-2-4-5-3-1;;/h3-19H,1-2H3;2*1-5H;;/q;;;2*+2. The van der Waals surface area contributed by atoms with Crippen LogP contribution in [0.1, 0.15) is 22.4 Å². The Morgan fingerprint density at radius 2 is 1.00 bits per heavy atom. The number of aromatic nitrogens is 2. The van der Waals surface area contributed by atoms with Gasteiger partial charge in [-0.05, 0) is 158 Å². The third kappa shape index (κ3) is 10.2. The zero-order valence-electron chi connectivity index (χ0n) is 24.1. The second kappa shape index (κ2) is 19.0. The Morgan fingerprint density at radius 3 is 1.51 bits per heavy atom. The SMILES string of the molecule is Cc1ccccc1N=c1nc([C]2[CH][CH][CH][CH]2)c([C]2[CH][CH][CH][CH]2)cn1-c1ccccc1C.[CH]1[CH][CH][CH][CH]1.[CH]1[CH][CH][CH][CH]1.[Fe+2].[Fe+2]. The van der Waals surface area contributed by atoms with Crippen LogP contribution in [0.4, 0.5) is 5.69 Å². The van der Waals surface area contributed by atoms with Crippen LogP contribution in [0, 0.1) is 141 Å². The van der Waals surface area contributed by atoms with Crippen molar-refractivity contribution in [2.45, 2.75) is 13.8 Å². The summed E-state index contributed by atoms with van der Waals surface area (Å²) in [5.74, 6) is 2.24. The van der Waals surface area contributed by atoms with E-state index in [2.05, 4.69) is 93.5 Å². The summed E-state index contributed by atoms with van der Waals surface area (Å²) in [5.41, 5.74) is 6.98. The molecular formula is C38H33Fe2N3+4. The van der Waals surface area contributed by atoms with Gasteiger partial charge in [-0.25, -0.2) is 9.98 Å². The summed E-state index contributed by atoms with van der Waals surface area (Å²) in [4.78, 5) is 10.1. The van der Waals surface area contributed by atoms with Crippen molar-refractivity contribution < 1.29 is 34.1 Å². The average molecular weight is 643 g/mol. The van der Waals surface area contributed by atoms with E-state index in [0.29, 0.717) is 5.62 Å². The fourth-order valence-corrected chi connectivity index (χ4v) is 4.51. The zero-order valence-corrected chi connectivity index (χ0v) is 26.3. The Bertz CT molecular complexity index is 1270. The summed E-state index contributed by atoms with van der Waals surface area (Å²) in [6.45, 7) is 4.20. The van der Waals surface area contributed by atoms with Crippen molar-refractivity contribution in [3.8, 4) is 5.69 Å². The minimum atomic E-state index is 0. The van der Waals surface area contributed by atoms with Gasteiger partial charge in [0.15, 0.2) is 0 Å². The van der Waals surface area contributed by atoms with E-state index >= 15 is 0 Å². The predicted octanol–water partition coefficient (Wildman–Crippen LogP) is 7.27. The Labute approximate surface area is 282 Å². The van der Waals surface area contributed by atoms with Crippen molar-refractivity contribution in [1.82, 2.24) is 9.55 Å². The molecular weight excluding hydrogens is 610 g/mol. The van der Waals surface area contributed by atoms with Gasteiger partial charge in [0.05, 0.1) is 17.1 Å². The van der Waals surface area contributed by atoms with E-state index < -0.39 is 0 Å². The summed E-state index contributed by atoms with van der Waals surface area (Å²) < 4.78 is 2.11. The van der Waals surface area contributed by atoms with Gasteiger partial charge in [0.1, 0.15) is 0 Å². The van der Waals surface area contributed by atoms with E-state index in [0.717, 1.165) is 40.0 Å². The van der Waals surface area contributed by atoms with Gasteiger partial charge in [-0.1, -0.05) is 36.4 Å². The van der Waals surface area contributed by atoms with Gasteiger partial charge >= 0.3 is 34.1 Å². The van der Waals surface area contributed by atoms with Crippen molar-refractivity contribution >= 4 is 5.69 Å². The minimum absolute atomic E-state index is 0. The molecule has 0 bridgehead atoms. The number of hydrogen-bond acceptors (Lipinski definition) is 2. The molecule has 7 rings (SSSR count). The molecule has 0 spiro atoms. The second-order valence-corrected chi connectivity index (χ2v) is 9.63. The van der Waals surface area contributed by atoms with E-state index in [1.165, 1.54) is 5.56 Å². The predicted molar refractivity (Wildman–Crippen MR) is 167 cm³/mol. The molecule has 0 N–H and O–H groups in total. The topological polar surface area (TPSA) is 30.2 Å². The Balaban J connectivity index is 0.000000358. The molecule has 0 atom stereocenters. The van der Waals surface area contributed by atoms with Gasteiger partial charge in [-0.2, -0.15) is 0 Å². The molecule has 1 aromatic heterocycles. The summed E-state index contributed by atoms with van der Waals surface area (Å²) in [6.07, 6.45) is 38.9. The van der Waals surface area contributed by atoms with Gasteiger partial charge in [0.25, 0.3) is 0 Å². The molecule has 2 aromatic carbocycles. The fourth-order valence-electron chi connectivity index (χ4n) is 4.51. The van der Waals surface area contributed by atoms with Crippen LogP contribution >= 0.6 is 0 Å². The van der Waals surface area contributed by atoms with Crippen molar-refractivity contribution in [2.24, 2.45) is 4.99 Å². The molecule has 0 amide bonds. The summed E-state index contributed by atoms with van der Waals surface area (Å²) in [5, 5.41) is 0. The maximum atomic E-state index is 5.12. The van der Waals surface area contributed by atoms with E-state index in [1.807, 2.05) is 95.2 Å². The van der Waals surface area contributed by atoms with Crippen molar-refractivity contribution in [2.75, 3.05) is 0 Å². The third-order valence-electron chi connectivity index (χ3n) is 6.67. The monoisotopic (exact) mass is 643 g/mol. The number of para-hydroxylation sites is 2. The van der Waals surface area contributed by atoms with Crippen LogP contribution in [-0.4, -0.2) is 9.55 Å². The number of hydrogen-bond donors (Lipinski definition) is 0. The molecule has 5 heteroatoms. The minimum Gasteiger partial charge on any atom is -0.285 e. The number of benzene rings is 2. The molecule has 43 heavy (non-hydrogen) atoms. The van der Waals surface area contributed by atoms with Crippen LogP contribution in [0.15, 0.2) is 59.7 Å². The van der Waals surface area contributed by atoms with Crippen molar-refractivity contribution in [1.29, 1.82) is 0 Å². The van der Waals surface area contributed by atoms with Gasteiger partial charge in [0, 0.05) is 18.0 Å². The molecule has 0 aliphatic heterocycles. The molecule has 4 aliphatic carbocycles. The van der Waals surface area contributed by atoms with E-state index in [-0.39, 0.29) is 34.1 Å². The number of aryl methyl sites for hydroxylation is 2. The van der Waals surface area contributed by atoms with Gasteiger partial charge in [-0.3, -0.25) is 4.57 Å². The van der Waals surface area contributed by atoms with Crippen molar-refractivity contribution in [3.63, 3.8) is 0 Å². The van der Waals surface area contributed by atoms with E-state index in [9.17, 15) is 0 Å². The maximum absolute atomic E-state index is 5.12. The Kier molecular flexibility index (Phi) is 15.8. The molecule has 4 fully saturated rings. The smallest absolute Gasteiger partial charge is 0.285 e. The first-order valence-corrected chi connectivity index (χ1v) is 13.8. The van der Waals surface area contributed by atoms with Gasteiger partial charge in [-0.15, -0.1) is 0 Å². The first-order valence-electron chi connectivity index (χ1n) is 13.8. The molecule has 4 aliphatic rings. The van der Waals surface area contributed by atoms with Crippen LogP contribution in [-0.2, 0) is 34.1 Å². The molecule has 0 saturated heterocycles. The number of rotatable bonds is 4. The first kappa shape index (κ1) is 35.8. The summed E-state index contributed by atoms with van der Waals surface area (Å²) in [6, 6.07) is 16.5. The average Bonchev–Trinajstić information content (AvgIpc) is 3.84. The molecule has 4 saturated carbocycles. The Hall–Kier alpha value is -1.64. The number of nitrogens with zero attached hydrogens (tertiary/aromatic N) is 3. The largest absolute Gasteiger partial charge is 2.00 e. The van der Waals surface area contributed by atoms with Crippen LogP contribution in [0.3, 0.4) is 0 Å². The Morgan fingerprint density at radius 1 is 0.535 bits per heavy atom. The molecule has 212 valence electrons. The molecule has 0 unspecified atom stereocenters. The first-order chi connectivity index (χ1) is 20.2. The van der Waals surface area contributed by atoms with Crippen LogP contribution in [0.25, 0.3) is 5.69 Å². The van der Waals surface area contributed by atoms with Gasteiger partial charge < -0.3 is 0 Å². The quantitative estimate of drug-likeness (QED) is 0.276. The van der Waals surface area contributed by atoms with Crippen LogP contribution in [0.5, 0.6) is 0 Å². The van der Waals surface area contributed by atoms with Crippen LogP contribution < -0.4 is 5.62 Å². The maximum Gasteiger partial charge on any atom is 2.00 e. The van der Waals surface area contributed by atoms with Gasteiger partial charge in [0.2, 0.25) is 5.62 Å². The van der Waals surface area contributed by atoms with Crippen molar-refractivity contribution in [3.05, 3.63) is 210 Å². The zero-order chi connectivity index (χ0) is 28.3. The second-order valence-electron chi connectivity index (χ2n) is 9.63. The van der Waals surface area contributed by atoms with E-state index in [1.54, 1.807) is 0 Å². The van der Waals surface area contributed by atoms with E-state index in [4.69, 9.17) is 9.98 Å². The summed E-state index contributed by atoms with van der Waals surface area (Å²) in [7, 11) is 0. The summed E-state index contributed by atoms with van der Waals surface area (Å²) >= 11 is 0. The normalized spacial score (nSPS) is 18.7. The molecule has 20 radical (unpaired) electrons. The fraction of sp³-hybridized carbons (Fsp3) is 0.0526. The molecule has 1 heterocycles. The molecule has 3 nitrogen and oxygen atoms in total. The molecule has 3 aromatic rings. The van der Waals surface area contributed by atoms with Crippen LogP contribution in [0.2, 0.25) is 0 Å².